The van der Waals surface area contributed by atoms with Crippen molar-refractivity contribution in [3.05, 3.63) is 56.5 Å². The van der Waals surface area contributed by atoms with Crippen molar-refractivity contribution in [1.82, 2.24) is 20.2 Å². The number of nitrogens with one attached hydrogen (secondary N) is 2. The molecule has 3 amide bonds. The van der Waals surface area contributed by atoms with E-state index in [1.54, 1.807) is 30.5 Å². The van der Waals surface area contributed by atoms with E-state index >= 15 is 0 Å². The van der Waals surface area contributed by atoms with Crippen LogP contribution in [0.4, 0.5) is 4.79 Å². The van der Waals surface area contributed by atoms with E-state index < -0.39 is 11.9 Å². The van der Waals surface area contributed by atoms with Crippen molar-refractivity contribution in [3.63, 3.8) is 0 Å². The van der Waals surface area contributed by atoms with E-state index in [4.69, 9.17) is 0 Å². The highest BCUT2D eigenvalue weighted by atomic mass is 32.2. The van der Waals surface area contributed by atoms with Crippen LogP contribution in [0.1, 0.15) is 10.4 Å². The molecule has 146 valence electrons. The number of urea groups is 1. The highest BCUT2D eigenvalue weighted by Gasteiger charge is 2.13. The predicted molar refractivity (Wildman–Crippen MR) is 112 cm³/mol. The van der Waals surface area contributed by atoms with Gasteiger partial charge in [-0.15, -0.1) is 11.3 Å². The zero-order valence-electron chi connectivity index (χ0n) is 15.5. The molecule has 0 aliphatic rings. The molecule has 0 radical (unpaired) electrons. The van der Waals surface area contributed by atoms with Gasteiger partial charge in [-0.1, -0.05) is 29.5 Å². The molecule has 3 rings (SSSR count). The molecule has 2 heterocycles. The van der Waals surface area contributed by atoms with Crippen molar-refractivity contribution >= 4 is 45.9 Å². The van der Waals surface area contributed by atoms with Gasteiger partial charge in [-0.05, 0) is 36.9 Å². The molecular formula is C19H20N4O3S2. The third-order valence-electron chi connectivity index (χ3n) is 4.01. The maximum atomic E-state index is 12.5. The molecule has 1 aromatic carbocycles. The summed E-state index contributed by atoms with van der Waals surface area (Å²) in [7, 11) is 1.62. The summed E-state index contributed by atoms with van der Waals surface area (Å²) in [5.41, 5.74) is 1.40. The van der Waals surface area contributed by atoms with Gasteiger partial charge in [0.15, 0.2) is 5.16 Å². The van der Waals surface area contributed by atoms with Crippen molar-refractivity contribution in [2.75, 3.05) is 12.3 Å². The van der Waals surface area contributed by atoms with Crippen molar-refractivity contribution in [3.8, 4) is 0 Å². The van der Waals surface area contributed by atoms with Gasteiger partial charge in [0.1, 0.15) is 0 Å². The van der Waals surface area contributed by atoms with Gasteiger partial charge in [0.2, 0.25) is 5.91 Å². The Kier molecular flexibility index (Phi) is 6.48. The Labute approximate surface area is 170 Å². The van der Waals surface area contributed by atoms with Crippen LogP contribution in [0.3, 0.4) is 0 Å². The van der Waals surface area contributed by atoms with Crippen LogP contribution in [0.25, 0.3) is 10.9 Å². The molecule has 0 unspecified atom stereocenters. The Bertz CT molecular complexity index is 1060. The first-order valence-electron chi connectivity index (χ1n) is 8.64. The summed E-state index contributed by atoms with van der Waals surface area (Å²) in [5.74, 6) is -0.465. The van der Waals surface area contributed by atoms with E-state index in [-0.39, 0.29) is 11.3 Å². The van der Waals surface area contributed by atoms with Crippen LogP contribution in [0.15, 0.2) is 45.7 Å². The van der Waals surface area contributed by atoms with Crippen molar-refractivity contribution in [1.29, 1.82) is 0 Å². The predicted octanol–water partition coefficient (Wildman–Crippen LogP) is 2.46. The Morgan fingerprint density at radius 3 is 2.86 bits per heavy atom. The number of carbonyl (C=O) groups is 2. The summed E-state index contributed by atoms with van der Waals surface area (Å²) in [6, 6.07) is 8.89. The highest BCUT2D eigenvalue weighted by Crippen LogP contribution is 2.17. The Hall–Kier alpha value is -2.65. The lowest BCUT2D eigenvalue weighted by atomic mass is 10.2. The topological polar surface area (TPSA) is 93.1 Å². The molecule has 0 saturated carbocycles. The molecule has 28 heavy (non-hydrogen) atoms. The molecule has 0 aliphatic heterocycles. The standard InChI is InChI=1S/C19H20N4O3S2/c1-12-5-6-15-14(10-12)17(25)23(2)19(21-15)28-11-16(24)22-18(26)20-8-7-13-4-3-9-27-13/h3-6,9-10H,7-8,11H2,1-2H3,(H2,20,22,24,26). The number of hydrogen-bond donors (Lipinski definition) is 2. The number of imide groups is 1. The third-order valence-corrected chi connectivity index (χ3v) is 5.98. The molecule has 2 N–H and O–H groups in total. The number of hydrogen-bond acceptors (Lipinski definition) is 6. The number of rotatable bonds is 6. The fraction of sp³-hybridized carbons (Fsp3) is 0.263. The molecular weight excluding hydrogens is 396 g/mol. The first-order valence-corrected chi connectivity index (χ1v) is 10.5. The summed E-state index contributed by atoms with van der Waals surface area (Å²) in [5, 5.41) is 7.89. The fourth-order valence-corrected chi connectivity index (χ4v) is 4.07. The number of thiophene rings is 1. The van der Waals surface area contributed by atoms with E-state index in [9.17, 15) is 14.4 Å². The summed E-state index contributed by atoms with van der Waals surface area (Å²) in [6.45, 7) is 2.37. The second kappa shape index (κ2) is 9.03. The van der Waals surface area contributed by atoms with Gasteiger partial charge < -0.3 is 5.32 Å². The van der Waals surface area contributed by atoms with E-state index in [0.717, 1.165) is 23.7 Å². The van der Waals surface area contributed by atoms with Crippen LogP contribution >= 0.6 is 23.1 Å². The number of amides is 3. The van der Waals surface area contributed by atoms with Crippen molar-refractivity contribution in [2.45, 2.75) is 18.5 Å². The lowest BCUT2D eigenvalue weighted by Crippen LogP contribution is -2.41. The second-order valence-corrected chi connectivity index (χ2v) is 8.18. The number of aryl methyl sites for hydroxylation is 1. The molecule has 2 aromatic heterocycles. The van der Waals surface area contributed by atoms with Crippen LogP contribution in [0.5, 0.6) is 0 Å². The number of carbonyl (C=O) groups excluding carboxylic acids is 2. The highest BCUT2D eigenvalue weighted by molar-refractivity contribution is 7.99. The smallest absolute Gasteiger partial charge is 0.321 e. The number of thioether (sulfide) groups is 1. The molecule has 0 spiro atoms. The first kappa shape index (κ1) is 20.1. The Balaban J connectivity index is 1.54. The SMILES string of the molecule is Cc1ccc2nc(SCC(=O)NC(=O)NCCc3cccs3)n(C)c(=O)c2c1. The lowest BCUT2D eigenvalue weighted by molar-refractivity contribution is -0.117. The molecule has 0 saturated heterocycles. The van der Waals surface area contributed by atoms with Crippen LogP contribution in [0, 0.1) is 6.92 Å². The summed E-state index contributed by atoms with van der Waals surface area (Å²) in [6.07, 6.45) is 0.719. The Morgan fingerprint density at radius 1 is 1.29 bits per heavy atom. The number of aromatic nitrogens is 2. The van der Waals surface area contributed by atoms with E-state index in [1.807, 2.05) is 30.5 Å². The molecule has 0 bridgehead atoms. The monoisotopic (exact) mass is 416 g/mol. The molecule has 0 atom stereocenters. The zero-order valence-corrected chi connectivity index (χ0v) is 17.2. The normalized spacial score (nSPS) is 10.8. The largest absolute Gasteiger partial charge is 0.337 e. The molecule has 7 nitrogen and oxygen atoms in total. The second-order valence-electron chi connectivity index (χ2n) is 6.20. The van der Waals surface area contributed by atoms with Gasteiger partial charge >= 0.3 is 6.03 Å². The maximum Gasteiger partial charge on any atom is 0.321 e. The molecule has 3 aromatic rings. The lowest BCUT2D eigenvalue weighted by Gasteiger charge is -2.09. The average molecular weight is 417 g/mol. The van der Waals surface area contributed by atoms with Gasteiger partial charge in [-0.3, -0.25) is 19.5 Å². The number of benzene rings is 1. The van der Waals surface area contributed by atoms with E-state index in [0.29, 0.717) is 22.6 Å². The quantitative estimate of drug-likeness (QED) is 0.476. The van der Waals surface area contributed by atoms with E-state index in [1.165, 1.54) is 9.44 Å². The van der Waals surface area contributed by atoms with Crippen molar-refractivity contribution < 1.29 is 9.59 Å². The van der Waals surface area contributed by atoms with E-state index in [2.05, 4.69) is 15.6 Å². The van der Waals surface area contributed by atoms with Gasteiger partial charge in [-0.2, -0.15) is 0 Å². The fourth-order valence-electron chi connectivity index (χ4n) is 2.58. The van der Waals surface area contributed by atoms with Gasteiger partial charge in [-0.25, -0.2) is 9.78 Å². The van der Waals surface area contributed by atoms with Gasteiger partial charge in [0.25, 0.3) is 5.56 Å². The minimum absolute atomic E-state index is 0.0179. The van der Waals surface area contributed by atoms with Crippen LogP contribution in [-0.4, -0.2) is 33.8 Å². The minimum atomic E-state index is -0.530. The summed E-state index contributed by atoms with van der Waals surface area (Å²) in [4.78, 5) is 41.9. The van der Waals surface area contributed by atoms with Gasteiger partial charge in [0, 0.05) is 18.5 Å². The summed E-state index contributed by atoms with van der Waals surface area (Å²) >= 11 is 2.74. The average Bonchev–Trinajstić information content (AvgIpc) is 3.17. The summed E-state index contributed by atoms with van der Waals surface area (Å²) < 4.78 is 1.42. The van der Waals surface area contributed by atoms with Crippen LogP contribution in [0.2, 0.25) is 0 Å². The Morgan fingerprint density at radius 2 is 2.11 bits per heavy atom. The van der Waals surface area contributed by atoms with Crippen molar-refractivity contribution in [2.24, 2.45) is 7.05 Å². The van der Waals surface area contributed by atoms with Gasteiger partial charge in [0.05, 0.1) is 16.7 Å². The molecule has 0 aliphatic carbocycles. The maximum absolute atomic E-state index is 12.5. The first-order chi connectivity index (χ1) is 13.4. The number of fused-ring (bicyclic) bond motifs is 1. The number of nitrogens with zero attached hydrogens (tertiary/aromatic N) is 2. The third kappa shape index (κ3) is 4.99. The minimum Gasteiger partial charge on any atom is -0.337 e. The van der Waals surface area contributed by atoms with Crippen LogP contribution < -0.4 is 16.2 Å². The molecule has 0 fully saturated rings. The van der Waals surface area contributed by atoms with Crippen LogP contribution in [-0.2, 0) is 18.3 Å². The zero-order chi connectivity index (χ0) is 20.1. The molecule has 9 heteroatoms.